The molecule has 0 saturated heterocycles. The number of halogens is 3. The minimum Gasteiger partial charge on any atom is -0.489 e. The molecule has 4 rings (SSSR count). The van der Waals surface area contributed by atoms with Crippen LogP contribution >= 0.6 is 11.3 Å². The van der Waals surface area contributed by atoms with Crippen molar-refractivity contribution < 1.29 is 37.1 Å². The number of nitrogens with zero attached hydrogens (tertiary/aromatic N) is 2. The number of pyridine rings is 1. The predicted molar refractivity (Wildman–Crippen MR) is 134 cm³/mol. The number of carbonyl (C=O) groups is 3. The molecule has 1 atom stereocenters. The molecule has 39 heavy (non-hydrogen) atoms. The maximum absolute atomic E-state index is 12.9. The molecule has 4 aromatic rings. The Balaban J connectivity index is 1.38. The SMILES string of the molecule is Cc1cc(COc2ccc(C(=O)NC(CC(=O)NOC(=O)C(F)(F)F)c3nccs3)cc2)c2ccccc2n1. The Morgan fingerprint density at radius 2 is 1.82 bits per heavy atom. The summed E-state index contributed by atoms with van der Waals surface area (Å²) in [6.45, 7) is 2.19. The third-order valence-electron chi connectivity index (χ3n) is 5.37. The molecule has 0 radical (unpaired) electrons. The number of ether oxygens (including phenoxy) is 1. The van der Waals surface area contributed by atoms with Crippen LogP contribution in [0.15, 0.2) is 66.2 Å². The van der Waals surface area contributed by atoms with Gasteiger partial charge in [0.25, 0.3) is 11.8 Å². The first-order valence-corrected chi connectivity index (χ1v) is 12.3. The monoisotopic (exact) mass is 558 g/mol. The highest BCUT2D eigenvalue weighted by atomic mass is 32.1. The number of hydrogen-bond donors (Lipinski definition) is 2. The highest BCUT2D eigenvalue weighted by Gasteiger charge is 2.42. The van der Waals surface area contributed by atoms with Crippen LogP contribution in [0.2, 0.25) is 0 Å². The highest BCUT2D eigenvalue weighted by Crippen LogP contribution is 2.23. The fourth-order valence-electron chi connectivity index (χ4n) is 3.61. The van der Waals surface area contributed by atoms with Crippen molar-refractivity contribution in [2.75, 3.05) is 0 Å². The molecule has 9 nitrogen and oxygen atoms in total. The molecular weight excluding hydrogens is 537 g/mol. The maximum atomic E-state index is 12.9. The molecule has 0 bridgehead atoms. The minimum absolute atomic E-state index is 0.248. The van der Waals surface area contributed by atoms with E-state index in [0.29, 0.717) is 10.8 Å². The van der Waals surface area contributed by atoms with Gasteiger partial charge in [0.15, 0.2) is 0 Å². The second-order valence-corrected chi connectivity index (χ2v) is 9.19. The summed E-state index contributed by atoms with van der Waals surface area (Å²) in [6.07, 6.45) is -4.34. The first-order valence-electron chi connectivity index (χ1n) is 11.5. The van der Waals surface area contributed by atoms with Crippen LogP contribution in [0.4, 0.5) is 13.2 Å². The maximum Gasteiger partial charge on any atom is 0.493 e. The quantitative estimate of drug-likeness (QED) is 0.304. The molecule has 2 aromatic carbocycles. The van der Waals surface area contributed by atoms with Crippen LogP contribution in [-0.2, 0) is 21.0 Å². The number of carbonyl (C=O) groups excluding carboxylic acids is 3. The third kappa shape index (κ3) is 7.29. The number of aryl methyl sites for hydroxylation is 1. The average molecular weight is 559 g/mol. The molecule has 2 amide bonds. The molecule has 2 N–H and O–H groups in total. The summed E-state index contributed by atoms with van der Waals surface area (Å²) in [4.78, 5) is 48.1. The van der Waals surface area contributed by atoms with E-state index in [1.165, 1.54) is 23.8 Å². The second kappa shape index (κ2) is 11.9. The fourth-order valence-corrected chi connectivity index (χ4v) is 4.30. The van der Waals surface area contributed by atoms with E-state index >= 15 is 0 Å². The highest BCUT2D eigenvalue weighted by molar-refractivity contribution is 7.09. The Morgan fingerprint density at radius 3 is 2.51 bits per heavy atom. The Kier molecular flexibility index (Phi) is 8.39. The number of fused-ring (bicyclic) bond motifs is 1. The van der Waals surface area contributed by atoms with Crippen molar-refractivity contribution in [2.45, 2.75) is 32.2 Å². The van der Waals surface area contributed by atoms with E-state index in [1.54, 1.807) is 17.5 Å². The van der Waals surface area contributed by atoms with E-state index in [9.17, 15) is 27.6 Å². The summed E-state index contributed by atoms with van der Waals surface area (Å²) >= 11 is 1.13. The van der Waals surface area contributed by atoms with Crippen LogP contribution in [0.5, 0.6) is 5.75 Å². The van der Waals surface area contributed by atoms with Gasteiger partial charge in [-0.1, -0.05) is 18.2 Å². The summed E-state index contributed by atoms with van der Waals surface area (Å²) in [7, 11) is 0. The van der Waals surface area contributed by atoms with Gasteiger partial charge in [0.2, 0.25) is 0 Å². The van der Waals surface area contributed by atoms with Crippen molar-refractivity contribution in [3.8, 4) is 5.75 Å². The molecule has 13 heteroatoms. The van der Waals surface area contributed by atoms with Gasteiger partial charge in [-0.15, -0.1) is 11.3 Å². The zero-order chi connectivity index (χ0) is 28.0. The number of nitrogens with one attached hydrogen (secondary N) is 2. The molecule has 0 aliphatic heterocycles. The lowest BCUT2D eigenvalue weighted by Gasteiger charge is -2.17. The van der Waals surface area contributed by atoms with Crippen molar-refractivity contribution in [1.82, 2.24) is 20.8 Å². The lowest BCUT2D eigenvalue weighted by molar-refractivity contribution is -0.207. The zero-order valence-electron chi connectivity index (χ0n) is 20.3. The van der Waals surface area contributed by atoms with Gasteiger partial charge in [0, 0.05) is 33.8 Å². The van der Waals surface area contributed by atoms with E-state index < -0.39 is 36.4 Å². The topological polar surface area (TPSA) is 120 Å². The lowest BCUT2D eigenvalue weighted by Crippen LogP contribution is -2.37. The molecule has 1 unspecified atom stereocenters. The number of thiazole rings is 1. The molecule has 2 aromatic heterocycles. The molecule has 202 valence electrons. The number of amides is 2. The van der Waals surface area contributed by atoms with E-state index in [1.807, 2.05) is 37.3 Å². The van der Waals surface area contributed by atoms with Crippen molar-refractivity contribution in [2.24, 2.45) is 0 Å². The molecule has 0 aliphatic rings. The molecule has 0 saturated carbocycles. The summed E-state index contributed by atoms with van der Waals surface area (Å²) in [5, 5.41) is 5.54. The fraction of sp³-hybridized carbons (Fsp3) is 0.192. The Labute approximate surface area is 223 Å². The van der Waals surface area contributed by atoms with E-state index in [4.69, 9.17) is 4.74 Å². The largest absolute Gasteiger partial charge is 0.493 e. The van der Waals surface area contributed by atoms with Crippen molar-refractivity contribution in [3.63, 3.8) is 0 Å². The van der Waals surface area contributed by atoms with Gasteiger partial charge in [-0.2, -0.15) is 18.7 Å². The Bertz CT molecular complexity index is 1480. The van der Waals surface area contributed by atoms with E-state index in [2.05, 4.69) is 20.1 Å². The zero-order valence-corrected chi connectivity index (χ0v) is 21.1. The van der Waals surface area contributed by atoms with Crippen LogP contribution in [0.1, 0.15) is 39.1 Å². The number of hydroxylamine groups is 1. The number of alkyl halides is 3. The normalized spacial score (nSPS) is 12.0. The van der Waals surface area contributed by atoms with Crippen LogP contribution in [0, 0.1) is 6.92 Å². The molecule has 0 spiro atoms. The molecular formula is C26H21F3N4O5S. The first kappa shape index (κ1) is 27.5. The first-order chi connectivity index (χ1) is 18.6. The van der Waals surface area contributed by atoms with Crippen molar-refractivity contribution in [3.05, 3.63) is 88.0 Å². The minimum atomic E-state index is -5.27. The second-order valence-electron chi connectivity index (χ2n) is 8.27. The molecule has 2 heterocycles. The standard InChI is InChI=1S/C26H21F3N4O5S/c1-15-12-17(19-4-2-3-5-20(19)31-15)14-37-18-8-6-16(7-9-18)23(35)32-21(24-30-10-11-39-24)13-22(34)33-38-25(36)26(27,28)29/h2-12,21H,13-14H2,1H3,(H,32,35)(H,33,34). The van der Waals surface area contributed by atoms with E-state index in [0.717, 1.165) is 33.5 Å². The summed E-state index contributed by atoms with van der Waals surface area (Å²) in [5.74, 6) is -3.67. The summed E-state index contributed by atoms with van der Waals surface area (Å²) in [5.41, 5.74) is 4.38. The number of aromatic nitrogens is 2. The summed E-state index contributed by atoms with van der Waals surface area (Å²) < 4.78 is 42.8. The van der Waals surface area contributed by atoms with Gasteiger partial charge in [-0.25, -0.2) is 9.78 Å². The van der Waals surface area contributed by atoms with Crippen LogP contribution in [0.25, 0.3) is 10.9 Å². The van der Waals surface area contributed by atoms with Gasteiger partial charge in [0.1, 0.15) is 17.4 Å². The third-order valence-corrected chi connectivity index (χ3v) is 6.26. The molecule has 0 aliphatic carbocycles. The molecule has 0 fully saturated rings. The van der Waals surface area contributed by atoms with Gasteiger partial charge in [-0.05, 0) is 43.3 Å². The van der Waals surface area contributed by atoms with Gasteiger partial charge < -0.3 is 14.9 Å². The Hall–Kier alpha value is -4.52. The smallest absolute Gasteiger partial charge is 0.489 e. The van der Waals surface area contributed by atoms with Crippen LogP contribution in [0.3, 0.4) is 0 Å². The number of para-hydroxylation sites is 1. The van der Waals surface area contributed by atoms with Gasteiger partial charge >= 0.3 is 12.1 Å². The number of rotatable bonds is 8. The van der Waals surface area contributed by atoms with Gasteiger partial charge in [0.05, 0.1) is 18.0 Å². The lowest BCUT2D eigenvalue weighted by atomic mass is 10.1. The Morgan fingerprint density at radius 1 is 1.08 bits per heavy atom. The van der Waals surface area contributed by atoms with Crippen molar-refractivity contribution in [1.29, 1.82) is 0 Å². The van der Waals surface area contributed by atoms with Crippen LogP contribution in [-0.4, -0.2) is 33.9 Å². The number of benzene rings is 2. The van der Waals surface area contributed by atoms with Crippen molar-refractivity contribution >= 4 is 40.0 Å². The van der Waals surface area contributed by atoms with E-state index in [-0.39, 0.29) is 12.2 Å². The van der Waals surface area contributed by atoms with Crippen LogP contribution < -0.4 is 15.5 Å². The number of hydrogen-bond acceptors (Lipinski definition) is 8. The van der Waals surface area contributed by atoms with Gasteiger partial charge in [-0.3, -0.25) is 14.6 Å². The average Bonchev–Trinajstić information content (AvgIpc) is 3.44. The summed E-state index contributed by atoms with van der Waals surface area (Å²) in [6, 6.07) is 15.0. The predicted octanol–water partition coefficient (Wildman–Crippen LogP) is 4.58.